The molecule has 2 aliphatic heterocycles. The van der Waals surface area contributed by atoms with Crippen LogP contribution in [0.5, 0.6) is 5.75 Å². The molecule has 1 aromatic carbocycles. The van der Waals surface area contributed by atoms with Crippen molar-refractivity contribution in [1.29, 1.82) is 0 Å². The summed E-state index contributed by atoms with van der Waals surface area (Å²) in [5.41, 5.74) is 1.91. The fraction of sp³-hybridized carbons (Fsp3) is 0.500. The SMILES string of the molecule is CNC(c1ccc2c(c1)NC(=O)CO2)C1CCOC1. The van der Waals surface area contributed by atoms with Crippen LogP contribution in [-0.2, 0) is 9.53 Å². The van der Waals surface area contributed by atoms with E-state index in [0.29, 0.717) is 5.92 Å². The molecular weight excluding hydrogens is 244 g/mol. The van der Waals surface area contributed by atoms with Gasteiger partial charge in [-0.3, -0.25) is 4.79 Å². The number of ether oxygens (including phenoxy) is 2. The van der Waals surface area contributed by atoms with Gasteiger partial charge in [0.25, 0.3) is 5.91 Å². The molecule has 0 bridgehead atoms. The normalized spacial score (nSPS) is 23.4. The van der Waals surface area contributed by atoms with E-state index in [1.807, 2.05) is 19.2 Å². The Hall–Kier alpha value is -1.59. The van der Waals surface area contributed by atoms with Crippen molar-refractivity contribution in [3.05, 3.63) is 23.8 Å². The molecule has 0 radical (unpaired) electrons. The summed E-state index contributed by atoms with van der Waals surface area (Å²) in [5.74, 6) is 1.11. The monoisotopic (exact) mass is 262 g/mol. The van der Waals surface area contributed by atoms with Crippen LogP contribution in [0.15, 0.2) is 18.2 Å². The first-order valence-corrected chi connectivity index (χ1v) is 6.59. The summed E-state index contributed by atoms with van der Waals surface area (Å²) in [5, 5.41) is 6.19. The Labute approximate surface area is 112 Å². The van der Waals surface area contributed by atoms with Gasteiger partial charge >= 0.3 is 0 Å². The first-order chi connectivity index (χ1) is 9.28. The summed E-state index contributed by atoms with van der Waals surface area (Å²) >= 11 is 0. The summed E-state index contributed by atoms with van der Waals surface area (Å²) in [6, 6.07) is 6.21. The van der Waals surface area contributed by atoms with Crippen molar-refractivity contribution in [3.8, 4) is 5.75 Å². The van der Waals surface area contributed by atoms with Gasteiger partial charge < -0.3 is 20.1 Å². The van der Waals surface area contributed by atoms with Gasteiger partial charge in [-0.25, -0.2) is 0 Å². The molecule has 2 unspecified atom stereocenters. The fourth-order valence-corrected chi connectivity index (χ4v) is 2.78. The molecule has 2 aliphatic rings. The Morgan fingerprint density at radius 2 is 2.37 bits per heavy atom. The highest BCUT2D eigenvalue weighted by Crippen LogP contribution is 2.34. The quantitative estimate of drug-likeness (QED) is 0.862. The first-order valence-electron chi connectivity index (χ1n) is 6.59. The van der Waals surface area contributed by atoms with Gasteiger partial charge in [-0.05, 0) is 31.2 Å². The lowest BCUT2D eigenvalue weighted by atomic mass is 9.92. The van der Waals surface area contributed by atoms with Crippen molar-refractivity contribution in [2.75, 3.05) is 32.2 Å². The molecule has 0 spiro atoms. The Morgan fingerprint density at radius 1 is 1.47 bits per heavy atom. The minimum absolute atomic E-state index is 0.0955. The van der Waals surface area contributed by atoms with Gasteiger partial charge in [-0.1, -0.05) is 6.07 Å². The largest absolute Gasteiger partial charge is 0.482 e. The fourth-order valence-electron chi connectivity index (χ4n) is 2.78. The molecule has 2 heterocycles. The number of fused-ring (bicyclic) bond motifs is 1. The number of carbonyl (C=O) groups is 1. The molecule has 0 saturated carbocycles. The number of hydrogen-bond donors (Lipinski definition) is 2. The molecule has 2 N–H and O–H groups in total. The highest BCUT2D eigenvalue weighted by Gasteiger charge is 2.27. The zero-order chi connectivity index (χ0) is 13.2. The number of amides is 1. The van der Waals surface area contributed by atoms with Crippen LogP contribution in [0.4, 0.5) is 5.69 Å². The molecule has 5 heteroatoms. The molecule has 19 heavy (non-hydrogen) atoms. The summed E-state index contributed by atoms with van der Waals surface area (Å²) in [4.78, 5) is 11.4. The molecule has 5 nitrogen and oxygen atoms in total. The van der Waals surface area contributed by atoms with Crippen LogP contribution >= 0.6 is 0 Å². The summed E-state index contributed by atoms with van der Waals surface area (Å²) in [7, 11) is 1.96. The predicted octanol–water partition coefficient (Wildman–Crippen LogP) is 1.31. The van der Waals surface area contributed by atoms with E-state index >= 15 is 0 Å². The molecule has 1 saturated heterocycles. The van der Waals surface area contributed by atoms with Gasteiger partial charge in [0.15, 0.2) is 6.61 Å². The molecule has 1 aromatic rings. The van der Waals surface area contributed by atoms with Crippen molar-refractivity contribution in [3.63, 3.8) is 0 Å². The number of hydrogen-bond acceptors (Lipinski definition) is 4. The minimum Gasteiger partial charge on any atom is -0.482 e. The van der Waals surface area contributed by atoms with E-state index in [1.165, 1.54) is 0 Å². The van der Waals surface area contributed by atoms with Gasteiger partial charge in [0.05, 0.1) is 12.3 Å². The van der Waals surface area contributed by atoms with Crippen LogP contribution in [0.2, 0.25) is 0 Å². The third-order valence-electron chi connectivity index (χ3n) is 3.74. The Balaban J connectivity index is 1.87. The van der Waals surface area contributed by atoms with Crippen molar-refractivity contribution >= 4 is 11.6 Å². The van der Waals surface area contributed by atoms with Crippen LogP contribution in [-0.4, -0.2) is 32.8 Å². The second-order valence-electron chi connectivity index (χ2n) is 4.98. The van der Waals surface area contributed by atoms with Crippen molar-refractivity contribution in [2.45, 2.75) is 12.5 Å². The van der Waals surface area contributed by atoms with Gasteiger partial charge in [-0.2, -0.15) is 0 Å². The summed E-state index contributed by atoms with van der Waals surface area (Å²) in [6.45, 7) is 1.71. The van der Waals surface area contributed by atoms with Crippen molar-refractivity contribution in [1.82, 2.24) is 5.32 Å². The van der Waals surface area contributed by atoms with E-state index < -0.39 is 0 Å². The van der Waals surface area contributed by atoms with Gasteiger partial charge in [-0.15, -0.1) is 0 Å². The third-order valence-corrected chi connectivity index (χ3v) is 3.74. The lowest BCUT2D eigenvalue weighted by Gasteiger charge is -2.25. The highest BCUT2D eigenvalue weighted by atomic mass is 16.5. The predicted molar refractivity (Wildman–Crippen MR) is 71.3 cm³/mol. The molecule has 3 rings (SSSR count). The summed E-state index contributed by atoms with van der Waals surface area (Å²) in [6.07, 6.45) is 1.06. The maximum absolute atomic E-state index is 11.4. The number of rotatable bonds is 3. The van der Waals surface area contributed by atoms with Crippen LogP contribution in [0.25, 0.3) is 0 Å². The molecular formula is C14H18N2O3. The maximum atomic E-state index is 11.4. The Bertz CT molecular complexity index is 484. The standard InChI is InChI=1S/C14H18N2O3/c1-15-14(10-4-5-18-7-10)9-2-3-12-11(6-9)16-13(17)8-19-12/h2-3,6,10,14-15H,4-5,7-8H2,1H3,(H,16,17). The third kappa shape index (κ3) is 2.43. The van der Waals surface area contributed by atoms with Gasteiger partial charge in [0.1, 0.15) is 5.75 Å². The second-order valence-corrected chi connectivity index (χ2v) is 4.98. The first kappa shape index (κ1) is 12.4. The highest BCUT2D eigenvalue weighted by molar-refractivity contribution is 5.95. The maximum Gasteiger partial charge on any atom is 0.262 e. The molecule has 2 atom stereocenters. The number of anilines is 1. The molecule has 0 aromatic heterocycles. The molecule has 102 valence electrons. The van der Waals surface area contributed by atoms with Crippen molar-refractivity contribution in [2.24, 2.45) is 5.92 Å². The van der Waals surface area contributed by atoms with E-state index in [1.54, 1.807) is 0 Å². The topological polar surface area (TPSA) is 59.6 Å². The van der Waals surface area contributed by atoms with Crippen LogP contribution in [0.1, 0.15) is 18.0 Å². The van der Waals surface area contributed by atoms with Crippen molar-refractivity contribution < 1.29 is 14.3 Å². The molecule has 0 aliphatic carbocycles. The van der Waals surface area contributed by atoms with E-state index in [4.69, 9.17) is 9.47 Å². The van der Waals surface area contributed by atoms with E-state index in [9.17, 15) is 4.79 Å². The van der Waals surface area contributed by atoms with Crippen LogP contribution < -0.4 is 15.4 Å². The average molecular weight is 262 g/mol. The van der Waals surface area contributed by atoms with Gasteiger partial charge in [0.2, 0.25) is 0 Å². The smallest absolute Gasteiger partial charge is 0.262 e. The summed E-state index contributed by atoms with van der Waals surface area (Å²) < 4.78 is 10.8. The Morgan fingerprint density at radius 3 is 3.11 bits per heavy atom. The van der Waals surface area contributed by atoms with Gasteiger partial charge in [0, 0.05) is 18.6 Å². The number of carbonyl (C=O) groups excluding carboxylic acids is 1. The average Bonchev–Trinajstić information content (AvgIpc) is 2.93. The molecule has 1 amide bonds. The minimum atomic E-state index is -0.102. The van der Waals surface area contributed by atoms with E-state index in [-0.39, 0.29) is 18.6 Å². The second kappa shape index (κ2) is 5.19. The zero-order valence-electron chi connectivity index (χ0n) is 10.9. The van der Waals surface area contributed by atoms with E-state index in [0.717, 1.165) is 36.6 Å². The number of nitrogens with one attached hydrogen (secondary N) is 2. The van der Waals surface area contributed by atoms with Crippen LogP contribution in [0, 0.1) is 5.92 Å². The number of benzene rings is 1. The Kier molecular flexibility index (Phi) is 3.40. The lowest BCUT2D eigenvalue weighted by molar-refractivity contribution is -0.118. The molecule has 1 fully saturated rings. The zero-order valence-corrected chi connectivity index (χ0v) is 10.9. The van der Waals surface area contributed by atoms with Crippen LogP contribution in [0.3, 0.4) is 0 Å². The lowest BCUT2D eigenvalue weighted by Crippen LogP contribution is -2.28. The van der Waals surface area contributed by atoms with E-state index in [2.05, 4.69) is 16.7 Å².